The van der Waals surface area contributed by atoms with E-state index in [0.29, 0.717) is 0 Å². The second-order valence-corrected chi connectivity index (χ2v) is 19.5. The van der Waals surface area contributed by atoms with Crippen molar-refractivity contribution in [3.63, 3.8) is 0 Å². The maximum absolute atomic E-state index is 11.3. The molecule has 0 aliphatic carbocycles. The fraction of sp³-hybridized carbons (Fsp3) is 0.0588. The van der Waals surface area contributed by atoms with Gasteiger partial charge >= 0.3 is 0 Å². The highest BCUT2D eigenvalue weighted by atomic mass is 16.5. The molecule has 0 spiro atoms. The lowest BCUT2D eigenvalue weighted by Crippen LogP contribution is -2.17. The summed E-state index contributed by atoms with van der Waals surface area (Å²) in [5.41, 5.74) is 15.0. The molecule has 1 aliphatic rings. The molecule has 11 aromatic carbocycles. The molecule has 3 heterocycles. The molecule has 13 aromatic rings. The number of rotatable bonds is 8. The van der Waals surface area contributed by atoms with Gasteiger partial charge in [0.15, 0.2) is 16.9 Å². The van der Waals surface area contributed by atoms with Crippen LogP contribution in [0.15, 0.2) is 227 Å². The van der Waals surface area contributed by atoms with Crippen LogP contribution in [0.1, 0.15) is 29.2 Å². The third-order valence-corrected chi connectivity index (χ3v) is 15.0. The van der Waals surface area contributed by atoms with E-state index in [-0.39, 0.29) is 5.75 Å². The van der Waals surface area contributed by atoms with Crippen molar-refractivity contribution in [2.45, 2.75) is 27.2 Å². The third kappa shape index (κ3) is 6.86. The zero-order chi connectivity index (χ0) is 49.6. The van der Waals surface area contributed by atoms with Gasteiger partial charge in [0.1, 0.15) is 22.7 Å². The summed E-state index contributed by atoms with van der Waals surface area (Å²) >= 11 is 0. The molecule has 0 fully saturated rings. The van der Waals surface area contributed by atoms with Gasteiger partial charge < -0.3 is 28.5 Å². The number of phenols is 1. The summed E-state index contributed by atoms with van der Waals surface area (Å²) in [6.07, 6.45) is 5.26. The Morgan fingerprint density at radius 1 is 0.514 bits per heavy atom. The first-order chi connectivity index (χ1) is 36.4. The fourth-order valence-electron chi connectivity index (χ4n) is 11.5. The van der Waals surface area contributed by atoms with Gasteiger partial charge in [0.2, 0.25) is 0 Å². The van der Waals surface area contributed by atoms with Crippen LogP contribution < -0.4 is 19.8 Å². The molecule has 0 saturated carbocycles. The lowest BCUT2D eigenvalue weighted by Gasteiger charge is -2.30. The van der Waals surface area contributed by atoms with Crippen molar-refractivity contribution in [1.82, 2.24) is 0 Å². The quantitative estimate of drug-likeness (QED) is 0.164. The van der Waals surface area contributed by atoms with E-state index in [1.54, 1.807) is 0 Å². The van der Waals surface area contributed by atoms with Gasteiger partial charge in [0.05, 0.1) is 22.7 Å². The summed E-state index contributed by atoms with van der Waals surface area (Å²) < 4.78 is 20.4. The molecule has 1 aliphatic heterocycles. The van der Waals surface area contributed by atoms with Gasteiger partial charge in [0, 0.05) is 55.9 Å². The van der Waals surface area contributed by atoms with Crippen molar-refractivity contribution in [3.8, 4) is 28.4 Å². The van der Waals surface area contributed by atoms with Crippen molar-refractivity contribution in [3.05, 3.63) is 246 Å². The first kappa shape index (κ1) is 43.3. The Bertz CT molecular complexity index is 4520. The standard InChI is InChI=1S/C68H48N2O4/c1-41-31-33-45-36-38-56(70(49-19-11-17-46(40-49)50-22-10-15-42(2)65(50)71)59-27-14-24-54-52-21-6-9-30-62(52)74-68(54)59)55-37-35-44(63(41)64(45)55)34-32-43(3)69(58-26-13-23-53-51-20-5-8-29-61(51)73-67(53)58)57-25-12-18-48-39-47-16-4-7-28-60(47)72-66(48)57/h4-38,40,71H,39H2,1-3H3/b43-32+,44-34-. The number of benzene rings is 11. The van der Waals surface area contributed by atoms with Crippen LogP contribution in [0, 0.1) is 13.8 Å². The average molecular weight is 957 g/mol. The molecule has 0 unspecified atom stereocenters. The maximum Gasteiger partial charge on any atom is 0.159 e. The van der Waals surface area contributed by atoms with E-state index < -0.39 is 0 Å². The summed E-state index contributed by atoms with van der Waals surface area (Å²) in [4.78, 5) is 4.62. The zero-order valence-corrected chi connectivity index (χ0v) is 41.1. The molecule has 14 rings (SSSR count). The first-order valence-corrected chi connectivity index (χ1v) is 25.2. The third-order valence-electron chi connectivity index (χ3n) is 15.0. The summed E-state index contributed by atoms with van der Waals surface area (Å²) in [7, 11) is 0. The van der Waals surface area contributed by atoms with Crippen LogP contribution >= 0.6 is 0 Å². The van der Waals surface area contributed by atoms with Gasteiger partial charge in [-0.3, -0.25) is 0 Å². The minimum absolute atomic E-state index is 0.278. The molecule has 74 heavy (non-hydrogen) atoms. The highest BCUT2D eigenvalue weighted by Gasteiger charge is 2.27. The first-order valence-electron chi connectivity index (χ1n) is 25.2. The Morgan fingerprint density at radius 3 is 1.97 bits per heavy atom. The molecular formula is C68H48N2O4. The predicted molar refractivity (Wildman–Crippen MR) is 305 cm³/mol. The number of allylic oxidation sites excluding steroid dienone is 2. The molecule has 2 aromatic heterocycles. The second-order valence-electron chi connectivity index (χ2n) is 19.5. The van der Waals surface area contributed by atoms with Crippen LogP contribution in [0.2, 0.25) is 0 Å². The average Bonchev–Trinajstić information content (AvgIpc) is 4.02. The van der Waals surface area contributed by atoms with Gasteiger partial charge in [-0.25, -0.2) is 0 Å². The van der Waals surface area contributed by atoms with E-state index in [9.17, 15) is 5.11 Å². The summed E-state index contributed by atoms with van der Waals surface area (Å²) in [6, 6.07) is 71.9. The number of phenolic OH excluding ortho intramolecular Hbond substituents is 1. The number of anilines is 5. The Kier molecular flexibility index (Phi) is 9.99. The zero-order valence-electron chi connectivity index (χ0n) is 41.1. The topological polar surface area (TPSA) is 62.2 Å². The van der Waals surface area contributed by atoms with Crippen molar-refractivity contribution >= 4 is 99.9 Å². The van der Waals surface area contributed by atoms with Crippen LogP contribution in [-0.4, -0.2) is 5.11 Å². The van der Waals surface area contributed by atoms with E-state index in [2.05, 4.69) is 194 Å². The molecule has 6 heteroatoms. The van der Waals surface area contributed by atoms with Crippen molar-refractivity contribution in [2.24, 2.45) is 0 Å². The second kappa shape index (κ2) is 17.1. The smallest absolute Gasteiger partial charge is 0.159 e. The van der Waals surface area contributed by atoms with E-state index >= 15 is 0 Å². The highest BCUT2D eigenvalue weighted by Crippen LogP contribution is 2.50. The number of hydrogen-bond donors (Lipinski definition) is 1. The van der Waals surface area contributed by atoms with Gasteiger partial charge in [-0.1, -0.05) is 158 Å². The van der Waals surface area contributed by atoms with E-state index in [0.717, 1.165) is 134 Å². The van der Waals surface area contributed by atoms with Gasteiger partial charge in [-0.2, -0.15) is 0 Å². The number of ether oxygens (including phenoxy) is 1. The van der Waals surface area contributed by atoms with Gasteiger partial charge in [0.25, 0.3) is 0 Å². The largest absolute Gasteiger partial charge is 0.507 e. The van der Waals surface area contributed by atoms with Crippen LogP contribution in [0.25, 0.3) is 82.6 Å². The highest BCUT2D eigenvalue weighted by molar-refractivity contribution is 6.18. The minimum Gasteiger partial charge on any atom is -0.507 e. The number of aryl methyl sites for hydroxylation is 2. The molecular weight excluding hydrogens is 909 g/mol. The fourth-order valence-corrected chi connectivity index (χ4v) is 11.5. The van der Waals surface area contributed by atoms with Crippen molar-refractivity contribution in [2.75, 3.05) is 9.80 Å². The summed E-state index contributed by atoms with van der Waals surface area (Å²) in [6.45, 7) is 6.31. The molecule has 0 amide bonds. The molecule has 6 nitrogen and oxygen atoms in total. The Balaban J connectivity index is 0.970. The number of nitrogens with zero attached hydrogens (tertiary/aromatic N) is 2. The van der Waals surface area contributed by atoms with Gasteiger partial charge in [-0.15, -0.1) is 0 Å². The van der Waals surface area contributed by atoms with Crippen LogP contribution in [0.5, 0.6) is 17.2 Å². The minimum atomic E-state index is 0.278. The van der Waals surface area contributed by atoms with E-state index in [4.69, 9.17) is 13.6 Å². The molecule has 0 bridgehead atoms. The molecule has 354 valence electrons. The molecule has 0 radical (unpaired) electrons. The summed E-state index contributed by atoms with van der Waals surface area (Å²) in [5, 5.41) is 21.3. The van der Waals surface area contributed by atoms with Crippen molar-refractivity contribution in [1.29, 1.82) is 0 Å². The SMILES string of the molecule is C/C(=C\C=c1\ccc2c(N(c3cccc(-c4cccc(C)c4O)c3)c3cccc4c3oc3ccccc34)ccc3ccc(C)c1c32)N(c1cccc2c1Oc1ccccc1C2)c1cccc2c1oc1ccccc12. The van der Waals surface area contributed by atoms with Crippen molar-refractivity contribution < 1.29 is 18.7 Å². The monoisotopic (exact) mass is 956 g/mol. The van der Waals surface area contributed by atoms with Crippen LogP contribution in [0.3, 0.4) is 0 Å². The maximum atomic E-state index is 11.3. The predicted octanol–water partition coefficient (Wildman–Crippen LogP) is 18.2. The van der Waals surface area contributed by atoms with Crippen LogP contribution in [0.4, 0.5) is 28.4 Å². The Hall–Kier alpha value is -9.52. The molecule has 0 saturated heterocycles. The van der Waals surface area contributed by atoms with Crippen LogP contribution in [-0.2, 0) is 6.42 Å². The number of furan rings is 2. The summed E-state index contributed by atoms with van der Waals surface area (Å²) in [5.74, 6) is 1.99. The number of hydrogen-bond acceptors (Lipinski definition) is 6. The Morgan fingerprint density at radius 2 is 1.16 bits per heavy atom. The normalized spacial score (nSPS) is 12.8. The lowest BCUT2D eigenvalue weighted by molar-refractivity contribution is 0.461. The number of fused-ring (bicyclic) bond motifs is 8. The molecule has 1 N–H and O–H groups in total. The molecule has 0 atom stereocenters. The van der Waals surface area contributed by atoms with E-state index in [1.165, 1.54) is 21.9 Å². The number of aromatic hydroxyl groups is 1. The number of para-hydroxylation sites is 7. The van der Waals surface area contributed by atoms with Gasteiger partial charge in [-0.05, 0) is 125 Å². The Labute approximate surface area is 427 Å². The lowest BCUT2D eigenvalue weighted by atomic mass is 9.93. The van der Waals surface area contributed by atoms with E-state index in [1.807, 2.05) is 55.5 Å².